The van der Waals surface area contributed by atoms with Gasteiger partial charge in [-0.3, -0.25) is 24.6 Å². The van der Waals surface area contributed by atoms with Crippen molar-refractivity contribution in [3.05, 3.63) is 29.3 Å². The van der Waals surface area contributed by atoms with Crippen LogP contribution in [0.15, 0.2) is 18.2 Å². The van der Waals surface area contributed by atoms with E-state index in [1.54, 1.807) is 4.90 Å². The van der Waals surface area contributed by atoms with E-state index in [4.69, 9.17) is 9.47 Å². The summed E-state index contributed by atoms with van der Waals surface area (Å²) >= 11 is 0. The van der Waals surface area contributed by atoms with Crippen LogP contribution in [0, 0.1) is 0 Å². The van der Waals surface area contributed by atoms with Crippen molar-refractivity contribution in [3.63, 3.8) is 0 Å². The van der Waals surface area contributed by atoms with Gasteiger partial charge < -0.3 is 14.4 Å². The molecule has 32 heavy (non-hydrogen) atoms. The second-order valence-corrected chi connectivity index (χ2v) is 9.23. The van der Waals surface area contributed by atoms with Gasteiger partial charge in [0.25, 0.3) is 5.91 Å². The monoisotopic (exact) mass is 441 g/mol. The van der Waals surface area contributed by atoms with Gasteiger partial charge in [-0.25, -0.2) is 0 Å². The van der Waals surface area contributed by atoms with Gasteiger partial charge in [0.15, 0.2) is 0 Å². The lowest BCUT2D eigenvalue weighted by Gasteiger charge is -2.38. The fourth-order valence-electron chi connectivity index (χ4n) is 5.52. The number of rotatable bonds is 4. The van der Waals surface area contributed by atoms with Crippen LogP contribution in [0.3, 0.4) is 0 Å². The van der Waals surface area contributed by atoms with Crippen LogP contribution in [0.1, 0.15) is 60.9 Å². The van der Waals surface area contributed by atoms with Gasteiger partial charge in [-0.1, -0.05) is 12.8 Å². The molecule has 0 aromatic heterocycles. The minimum atomic E-state index is -0.593. The van der Waals surface area contributed by atoms with Crippen molar-refractivity contribution in [2.75, 3.05) is 26.3 Å². The van der Waals surface area contributed by atoms with E-state index in [2.05, 4.69) is 10.2 Å². The number of carbonyl (C=O) groups is 3. The smallest absolute Gasteiger partial charge is 0.255 e. The summed E-state index contributed by atoms with van der Waals surface area (Å²) in [7, 11) is 0. The highest BCUT2D eigenvalue weighted by Crippen LogP contribution is 2.32. The summed E-state index contributed by atoms with van der Waals surface area (Å²) in [4.78, 5) is 40.8. The molecular weight excluding hydrogens is 410 g/mol. The van der Waals surface area contributed by atoms with Crippen LogP contribution in [0.2, 0.25) is 0 Å². The average Bonchev–Trinajstić information content (AvgIpc) is 2.95. The predicted molar refractivity (Wildman–Crippen MR) is 116 cm³/mol. The number of benzene rings is 1. The van der Waals surface area contributed by atoms with Crippen molar-refractivity contribution in [2.45, 2.75) is 69.7 Å². The third kappa shape index (κ3) is 4.26. The first-order chi connectivity index (χ1) is 15.6. The molecule has 3 heterocycles. The zero-order chi connectivity index (χ0) is 22.1. The van der Waals surface area contributed by atoms with Crippen LogP contribution in [-0.2, 0) is 20.9 Å². The van der Waals surface area contributed by atoms with E-state index in [1.807, 2.05) is 18.2 Å². The number of hydrogen-bond donors (Lipinski definition) is 1. The number of amides is 3. The van der Waals surface area contributed by atoms with Gasteiger partial charge in [0.05, 0.1) is 13.2 Å². The van der Waals surface area contributed by atoms with Gasteiger partial charge in [-0.05, 0) is 49.4 Å². The molecule has 1 aromatic carbocycles. The van der Waals surface area contributed by atoms with E-state index >= 15 is 0 Å². The number of morpholine rings is 1. The molecule has 0 bridgehead atoms. The lowest BCUT2D eigenvalue weighted by Crippen LogP contribution is -2.52. The maximum absolute atomic E-state index is 12.9. The van der Waals surface area contributed by atoms with E-state index in [0.717, 1.165) is 56.9 Å². The summed E-state index contributed by atoms with van der Waals surface area (Å²) in [6, 6.07) is 5.45. The van der Waals surface area contributed by atoms with Gasteiger partial charge >= 0.3 is 0 Å². The number of ether oxygens (including phenoxy) is 2. The summed E-state index contributed by atoms with van der Waals surface area (Å²) in [5.41, 5.74) is 1.50. The Labute approximate surface area is 188 Å². The lowest BCUT2D eigenvalue weighted by atomic mass is 10.0. The van der Waals surface area contributed by atoms with E-state index in [-0.39, 0.29) is 30.2 Å². The molecule has 0 spiro atoms. The minimum Gasteiger partial charge on any atom is -0.489 e. The normalized spacial score (nSPS) is 29.4. The van der Waals surface area contributed by atoms with Crippen LogP contribution >= 0.6 is 0 Å². The van der Waals surface area contributed by atoms with Crippen molar-refractivity contribution in [2.24, 2.45) is 0 Å². The lowest BCUT2D eigenvalue weighted by molar-refractivity contribution is -0.136. The minimum absolute atomic E-state index is 0.122. The molecule has 1 unspecified atom stereocenters. The Morgan fingerprint density at radius 3 is 2.62 bits per heavy atom. The highest BCUT2D eigenvalue weighted by Gasteiger charge is 2.39. The predicted octanol–water partition coefficient (Wildman–Crippen LogP) is 1.86. The van der Waals surface area contributed by atoms with Crippen LogP contribution in [-0.4, -0.2) is 72.0 Å². The maximum Gasteiger partial charge on any atom is 0.255 e. The SMILES string of the molecule is O=C1CCC(N2Cc3cc(O[C@@H]4CCCCC[C@@H]4N4CCOCC4)ccc3C2=O)C(=O)N1. The first kappa shape index (κ1) is 21.4. The van der Waals surface area contributed by atoms with Gasteiger partial charge in [-0.2, -0.15) is 0 Å². The molecule has 3 aliphatic heterocycles. The Bertz CT molecular complexity index is 898. The number of nitrogens with zero attached hydrogens (tertiary/aromatic N) is 2. The third-order valence-electron chi connectivity index (χ3n) is 7.21. The molecular formula is C24H31N3O5. The Balaban J connectivity index is 1.31. The molecule has 2 saturated heterocycles. The Morgan fingerprint density at radius 1 is 1.00 bits per heavy atom. The Kier molecular flexibility index (Phi) is 6.15. The topological polar surface area (TPSA) is 88.2 Å². The van der Waals surface area contributed by atoms with Crippen molar-refractivity contribution in [3.8, 4) is 5.75 Å². The highest BCUT2D eigenvalue weighted by molar-refractivity contribution is 6.05. The van der Waals surface area contributed by atoms with Crippen molar-refractivity contribution in [1.82, 2.24) is 15.1 Å². The van der Waals surface area contributed by atoms with Crippen molar-refractivity contribution in [1.29, 1.82) is 0 Å². The fourth-order valence-corrected chi connectivity index (χ4v) is 5.52. The first-order valence-corrected chi connectivity index (χ1v) is 11.9. The van der Waals surface area contributed by atoms with Gasteiger partial charge in [0, 0.05) is 37.7 Å². The largest absolute Gasteiger partial charge is 0.489 e. The van der Waals surface area contributed by atoms with Crippen LogP contribution in [0.5, 0.6) is 5.75 Å². The summed E-state index contributed by atoms with van der Waals surface area (Å²) in [5.74, 6) is -0.0245. The summed E-state index contributed by atoms with van der Waals surface area (Å²) in [5, 5.41) is 2.35. The Morgan fingerprint density at radius 2 is 1.81 bits per heavy atom. The molecule has 5 rings (SSSR count). The van der Waals surface area contributed by atoms with Crippen LogP contribution in [0.4, 0.5) is 0 Å². The number of piperidine rings is 1. The van der Waals surface area contributed by atoms with Crippen LogP contribution < -0.4 is 10.1 Å². The second kappa shape index (κ2) is 9.19. The van der Waals surface area contributed by atoms with Gasteiger partial charge in [-0.15, -0.1) is 0 Å². The van der Waals surface area contributed by atoms with E-state index < -0.39 is 6.04 Å². The molecule has 1 saturated carbocycles. The maximum atomic E-state index is 12.9. The van der Waals surface area contributed by atoms with Crippen molar-refractivity contribution >= 4 is 17.7 Å². The summed E-state index contributed by atoms with van der Waals surface area (Å²) in [6.07, 6.45) is 6.54. The second-order valence-electron chi connectivity index (χ2n) is 9.23. The molecule has 8 nitrogen and oxygen atoms in total. The average molecular weight is 442 g/mol. The molecule has 3 fully saturated rings. The molecule has 8 heteroatoms. The number of fused-ring (bicyclic) bond motifs is 1. The zero-order valence-electron chi connectivity index (χ0n) is 18.4. The zero-order valence-corrected chi connectivity index (χ0v) is 18.4. The number of hydrogen-bond acceptors (Lipinski definition) is 6. The Hall–Kier alpha value is -2.45. The third-order valence-corrected chi connectivity index (χ3v) is 7.21. The molecule has 172 valence electrons. The van der Waals surface area contributed by atoms with E-state index in [0.29, 0.717) is 24.6 Å². The van der Waals surface area contributed by atoms with Crippen molar-refractivity contribution < 1.29 is 23.9 Å². The van der Waals surface area contributed by atoms with E-state index in [1.165, 1.54) is 12.8 Å². The first-order valence-electron chi connectivity index (χ1n) is 11.9. The quantitative estimate of drug-likeness (QED) is 0.567. The van der Waals surface area contributed by atoms with Gasteiger partial charge in [0.2, 0.25) is 11.8 Å². The summed E-state index contributed by atoms with van der Waals surface area (Å²) < 4.78 is 12.1. The number of nitrogens with one attached hydrogen (secondary N) is 1. The molecule has 1 aliphatic carbocycles. The fraction of sp³-hybridized carbons (Fsp3) is 0.625. The summed E-state index contributed by atoms with van der Waals surface area (Å²) in [6.45, 7) is 3.82. The number of carbonyl (C=O) groups excluding carboxylic acids is 3. The molecule has 3 atom stereocenters. The molecule has 1 aromatic rings. The molecule has 1 N–H and O–H groups in total. The molecule has 3 amide bonds. The van der Waals surface area contributed by atoms with E-state index in [9.17, 15) is 14.4 Å². The molecule has 0 radical (unpaired) electrons. The number of imide groups is 1. The van der Waals surface area contributed by atoms with Crippen LogP contribution in [0.25, 0.3) is 0 Å². The highest BCUT2D eigenvalue weighted by atomic mass is 16.5. The van der Waals surface area contributed by atoms with Gasteiger partial charge in [0.1, 0.15) is 17.9 Å². The molecule has 4 aliphatic rings. The standard InChI is InChI=1S/C24H31N3O5/c28-22-9-8-20(23(29)25-22)27-15-16-14-17(6-7-18(16)24(27)30)32-21-5-3-1-2-4-19(21)26-10-12-31-13-11-26/h6-7,14,19-21H,1-5,8-13,15H2,(H,25,28,29)/t19-,20?,21+/m0/s1.